The van der Waals surface area contributed by atoms with Gasteiger partial charge in [-0.15, -0.1) is 0 Å². The van der Waals surface area contributed by atoms with Crippen LogP contribution in [0.1, 0.15) is 11.1 Å². The fourth-order valence-electron chi connectivity index (χ4n) is 1.29. The van der Waals surface area contributed by atoms with E-state index >= 15 is 0 Å². The molecule has 0 unspecified atom stereocenters. The highest BCUT2D eigenvalue weighted by molar-refractivity contribution is 5.69. The zero-order chi connectivity index (χ0) is 10.5. The molecule has 0 aliphatic heterocycles. The van der Waals surface area contributed by atoms with Crippen LogP contribution in [0.3, 0.4) is 0 Å². The molecule has 15 heavy (non-hydrogen) atoms. The molecular formula is C13H11NO. The number of aromatic nitrogens is 1. The van der Waals surface area contributed by atoms with Crippen molar-refractivity contribution in [3.63, 3.8) is 0 Å². The smallest absolute Gasteiger partial charge is 0.134 e. The summed E-state index contributed by atoms with van der Waals surface area (Å²) in [7, 11) is 0. The summed E-state index contributed by atoms with van der Waals surface area (Å²) in [6, 6.07) is 11.7. The maximum Gasteiger partial charge on any atom is 0.134 e. The first-order valence-electron chi connectivity index (χ1n) is 4.72. The minimum Gasteiger partial charge on any atom is -0.506 e. The van der Waals surface area contributed by atoms with Crippen LogP contribution in [-0.2, 0) is 0 Å². The maximum atomic E-state index is 9.21. The van der Waals surface area contributed by atoms with Crippen LogP contribution in [-0.4, -0.2) is 10.1 Å². The third-order valence-electron chi connectivity index (χ3n) is 2.01. The molecule has 1 heterocycles. The van der Waals surface area contributed by atoms with Crippen molar-refractivity contribution in [1.29, 1.82) is 0 Å². The third-order valence-corrected chi connectivity index (χ3v) is 2.01. The number of rotatable bonds is 2. The van der Waals surface area contributed by atoms with Crippen LogP contribution in [0.25, 0.3) is 12.2 Å². The van der Waals surface area contributed by atoms with E-state index in [2.05, 4.69) is 4.98 Å². The van der Waals surface area contributed by atoms with E-state index in [1.807, 2.05) is 42.5 Å². The van der Waals surface area contributed by atoms with Gasteiger partial charge in [0.05, 0.1) is 6.20 Å². The molecule has 2 aromatic rings. The van der Waals surface area contributed by atoms with Gasteiger partial charge in [0, 0.05) is 6.20 Å². The molecule has 1 N–H and O–H groups in total. The summed E-state index contributed by atoms with van der Waals surface area (Å²) in [5.41, 5.74) is 2.01. The number of hydrogen-bond donors (Lipinski definition) is 1. The van der Waals surface area contributed by atoms with Gasteiger partial charge < -0.3 is 5.11 Å². The fraction of sp³-hybridized carbons (Fsp3) is 0. The van der Waals surface area contributed by atoms with Crippen LogP contribution >= 0.6 is 0 Å². The Morgan fingerprint density at radius 3 is 2.40 bits per heavy atom. The molecule has 0 aliphatic rings. The van der Waals surface area contributed by atoms with Gasteiger partial charge in [-0.05, 0) is 17.2 Å². The number of aromatic hydroxyl groups is 1. The lowest BCUT2D eigenvalue weighted by Gasteiger charge is -1.94. The summed E-state index contributed by atoms with van der Waals surface area (Å²) in [6.45, 7) is 0. The molecule has 0 saturated heterocycles. The van der Waals surface area contributed by atoms with Crippen LogP contribution in [0.2, 0.25) is 0 Å². The molecule has 1 aromatic carbocycles. The van der Waals surface area contributed by atoms with Gasteiger partial charge in [0.2, 0.25) is 0 Å². The minimum absolute atomic E-state index is 0.185. The van der Waals surface area contributed by atoms with Crippen LogP contribution in [0.5, 0.6) is 5.75 Å². The van der Waals surface area contributed by atoms with Gasteiger partial charge >= 0.3 is 0 Å². The third kappa shape index (κ3) is 2.68. The van der Waals surface area contributed by atoms with Gasteiger partial charge in [0.15, 0.2) is 0 Å². The Balaban J connectivity index is 2.19. The molecule has 0 saturated carbocycles. The van der Waals surface area contributed by atoms with Crippen molar-refractivity contribution >= 4 is 12.2 Å². The van der Waals surface area contributed by atoms with E-state index in [9.17, 15) is 5.11 Å². The van der Waals surface area contributed by atoms with E-state index in [0.717, 1.165) is 11.1 Å². The van der Waals surface area contributed by atoms with Gasteiger partial charge in [0.25, 0.3) is 0 Å². The Labute approximate surface area is 88.5 Å². The molecule has 74 valence electrons. The number of pyridine rings is 1. The van der Waals surface area contributed by atoms with Crippen LogP contribution in [0, 0.1) is 0 Å². The van der Waals surface area contributed by atoms with Gasteiger partial charge in [0.1, 0.15) is 5.75 Å². The van der Waals surface area contributed by atoms with Gasteiger partial charge in [-0.3, -0.25) is 4.98 Å². The summed E-state index contributed by atoms with van der Waals surface area (Å²) in [5, 5.41) is 9.21. The predicted molar refractivity (Wildman–Crippen MR) is 61.3 cm³/mol. The monoisotopic (exact) mass is 197 g/mol. The normalized spacial score (nSPS) is 10.7. The summed E-state index contributed by atoms with van der Waals surface area (Å²) in [5.74, 6) is 0.185. The lowest BCUT2D eigenvalue weighted by molar-refractivity contribution is 0.472. The Kier molecular flexibility index (Phi) is 2.79. The molecule has 0 amide bonds. The second kappa shape index (κ2) is 4.42. The van der Waals surface area contributed by atoms with Crippen molar-refractivity contribution in [3.8, 4) is 5.75 Å². The first kappa shape index (κ1) is 9.46. The SMILES string of the molecule is Oc1cncc(/C=C/c2ccccc2)c1. The molecule has 2 nitrogen and oxygen atoms in total. The highest BCUT2D eigenvalue weighted by Gasteiger charge is 1.90. The van der Waals surface area contributed by atoms with Crippen molar-refractivity contribution < 1.29 is 5.11 Å². The minimum atomic E-state index is 0.185. The highest BCUT2D eigenvalue weighted by Crippen LogP contribution is 2.11. The largest absolute Gasteiger partial charge is 0.506 e. The Hall–Kier alpha value is -2.09. The molecule has 1 aromatic heterocycles. The van der Waals surface area contributed by atoms with E-state index in [1.165, 1.54) is 6.20 Å². The van der Waals surface area contributed by atoms with Gasteiger partial charge in [-0.1, -0.05) is 42.5 Å². The quantitative estimate of drug-likeness (QED) is 0.802. The van der Waals surface area contributed by atoms with Crippen LogP contribution in [0.15, 0.2) is 48.8 Å². The van der Waals surface area contributed by atoms with E-state index in [1.54, 1.807) is 12.3 Å². The van der Waals surface area contributed by atoms with E-state index in [4.69, 9.17) is 0 Å². The molecule has 0 bridgehead atoms. The average Bonchev–Trinajstić information content (AvgIpc) is 2.28. The maximum absolute atomic E-state index is 9.21. The zero-order valence-corrected chi connectivity index (χ0v) is 8.17. The summed E-state index contributed by atoms with van der Waals surface area (Å²) < 4.78 is 0. The summed E-state index contributed by atoms with van der Waals surface area (Å²) in [6.07, 6.45) is 7.03. The molecule has 2 heteroatoms. The molecule has 0 aliphatic carbocycles. The number of nitrogens with zero attached hydrogens (tertiary/aromatic N) is 1. The number of benzene rings is 1. The first-order chi connectivity index (χ1) is 7.34. The fourth-order valence-corrected chi connectivity index (χ4v) is 1.29. The summed E-state index contributed by atoms with van der Waals surface area (Å²) in [4.78, 5) is 3.90. The Bertz CT molecular complexity index is 463. The van der Waals surface area contributed by atoms with E-state index in [0.29, 0.717) is 0 Å². The predicted octanol–water partition coefficient (Wildman–Crippen LogP) is 2.96. The Morgan fingerprint density at radius 1 is 0.933 bits per heavy atom. The van der Waals surface area contributed by atoms with E-state index in [-0.39, 0.29) is 5.75 Å². The topological polar surface area (TPSA) is 33.1 Å². The molecule has 0 fully saturated rings. The lowest BCUT2D eigenvalue weighted by atomic mass is 10.2. The second-order valence-electron chi connectivity index (χ2n) is 3.22. The van der Waals surface area contributed by atoms with Crippen LogP contribution in [0.4, 0.5) is 0 Å². The van der Waals surface area contributed by atoms with Crippen molar-refractivity contribution in [3.05, 3.63) is 59.9 Å². The van der Waals surface area contributed by atoms with Crippen molar-refractivity contribution in [2.75, 3.05) is 0 Å². The van der Waals surface area contributed by atoms with Gasteiger partial charge in [-0.25, -0.2) is 0 Å². The second-order valence-corrected chi connectivity index (χ2v) is 3.22. The Morgan fingerprint density at radius 2 is 1.67 bits per heavy atom. The molecular weight excluding hydrogens is 186 g/mol. The first-order valence-corrected chi connectivity index (χ1v) is 4.72. The van der Waals surface area contributed by atoms with E-state index < -0.39 is 0 Å². The molecule has 2 rings (SSSR count). The molecule has 0 spiro atoms. The molecule has 0 radical (unpaired) electrons. The average molecular weight is 197 g/mol. The van der Waals surface area contributed by atoms with Crippen molar-refractivity contribution in [1.82, 2.24) is 4.98 Å². The molecule has 0 atom stereocenters. The summed E-state index contributed by atoms with van der Waals surface area (Å²) >= 11 is 0. The number of hydrogen-bond acceptors (Lipinski definition) is 2. The highest BCUT2D eigenvalue weighted by atomic mass is 16.3. The van der Waals surface area contributed by atoms with Crippen molar-refractivity contribution in [2.45, 2.75) is 0 Å². The standard InChI is InChI=1S/C13H11NO/c15-13-8-12(9-14-10-13)7-6-11-4-2-1-3-5-11/h1-10,15H/b7-6+. The lowest BCUT2D eigenvalue weighted by Crippen LogP contribution is -1.75. The van der Waals surface area contributed by atoms with Crippen molar-refractivity contribution in [2.24, 2.45) is 0 Å². The zero-order valence-electron chi connectivity index (χ0n) is 8.17. The van der Waals surface area contributed by atoms with Crippen LogP contribution < -0.4 is 0 Å². The van der Waals surface area contributed by atoms with Gasteiger partial charge in [-0.2, -0.15) is 0 Å².